The summed E-state index contributed by atoms with van der Waals surface area (Å²) in [7, 11) is 0. The standard InChI is InChI=1S/C13H10FN3O2S/c14-10-3-1-2-8(9(10)6-15)13-16-12(17-19-13)11-7-20-5-4-18-11/h1-3,11H,4-5,7H2. The van der Waals surface area contributed by atoms with E-state index in [4.69, 9.17) is 14.5 Å². The van der Waals surface area contributed by atoms with Crippen LogP contribution in [0.5, 0.6) is 0 Å². The maximum absolute atomic E-state index is 13.6. The quantitative estimate of drug-likeness (QED) is 0.846. The number of hydrogen-bond acceptors (Lipinski definition) is 6. The lowest BCUT2D eigenvalue weighted by Crippen LogP contribution is -2.16. The summed E-state index contributed by atoms with van der Waals surface area (Å²) < 4.78 is 24.2. The number of aromatic nitrogens is 2. The normalized spacial score (nSPS) is 18.7. The molecule has 5 nitrogen and oxygen atoms in total. The Labute approximate surface area is 118 Å². The first kappa shape index (κ1) is 13.1. The molecule has 1 aromatic heterocycles. The summed E-state index contributed by atoms with van der Waals surface area (Å²) >= 11 is 1.75. The van der Waals surface area contributed by atoms with Crippen LogP contribution in [0.25, 0.3) is 11.5 Å². The van der Waals surface area contributed by atoms with Gasteiger partial charge in [0.05, 0.1) is 12.2 Å². The molecular formula is C13H10FN3O2S. The molecule has 2 aromatic rings. The molecule has 1 aliphatic heterocycles. The van der Waals surface area contributed by atoms with E-state index in [0.29, 0.717) is 18.0 Å². The van der Waals surface area contributed by atoms with Crippen LogP contribution in [0.3, 0.4) is 0 Å². The van der Waals surface area contributed by atoms with Gasteiger partial charge in [0.1, 0.15) is 23.6 Å². The number of hydrogen-bond donors (Lipinski definition) is 0. The number of nitriles is 1. The number of thioether (sulfide) groups is 1. The largest absolute Gasteiger partial charge is 0.368 e. The Balaban J connectivity index is 1.94. The zero-order valence-corrected chi connectivity index (χ0v) is 11.2. The third-order valence-electron chi connectivity index (χ3n) is 2.90. The van der Waals surface area contributed by atoms with Gasteiger partial charge in [-0.05, 0) is 12.1 Å². The second-order valence-electron chi connectivity index (χ2n) is 4.17. The number of ether oxygens (including phenoxy) is 1. The van der Waals surface area contributed by atoms with E-state index in [0.717, 1.165) is 11.5 Å². The predicted octanol–water partition coefficient (Wildman–Crippen LogP) is 2.55. The van der Waals surface area contributed by atoms with Gasteiger partial charge in [0.2, 0.25) is 5.82 Å². The van der Waals surface area contributed by atoms with Crippen LogP contribution < -0.4 is 0 Å². The first-order valence-electron chi connectivity index (χ1n) is 6.01. The second-order valence-corrected chi connectivity index (χ2v) is 5.32. The molecule has 1 atom stereocenters. The van der Waals surface area contributed by atoms with E-state index >= 15 is 0 Å². The molecule has 2 heterocycles. The van der Waals surface area contributed by atoms with E-state index in [9.17, 15) is 4.39 Å². The van der Waals surface area contributed by atoms with Crippen molar-refractivity contribution in [2.75, 3.05) is 18.1 Å². The van der Waals surface area contributed by atoms with Crippen LogP contribution in [0.15, 0.2) is 22.7 Å². The van der Waals surface area contributed by atoms with E-state index in [-0.39, 0.29) is 17.6 Å². The summed E-state index contributed by atoms with van der Waals surface area (Å²) in [6.45, 7) is 0.641. The third-order valence-corrected chi connectivity index (χ3v) is 3.90. The van der Waals surface area contributed by atoms with Crippen molar-refractivity contribution in [2.24, 2.45) is 0 Å². The molecule has 0 amide bonds. The Bertz CT molecular complexity index is 662. The smallest absolute Gasteiger partial charge is 0.259 e. The van der Waals surface area contributed by atoms with Crippen molar-refractivity contribution in [3.63, 3.8) is 0 Å². The van der Waals surface area contributed by atoms with E-state index in [1.54, 1.807) is 17.8 Å². The molecule has 3 rings (SSSR count). The van der Waals surface area contributed by atoms with Crippen molar-refractivity contribution >= 4 is 11.8 Å². The molecule has 1 saturated heterocycles. The minimum absolute atomic E-state index is 0.0957. The summed E-state index contributed by atoms with van der Waals surface area (Å²) in [6.07, 6.45) is -0.217. The van der Waals surface area contributed by atoms with E-state index in [1.165, 1.54) is 12.1 Å². The molecule has 1 aliphatic rings. The maximum Gasteiger partial charge on any atom is 0.259 e. The lowest BCUT2D eigenvalue weighted by atomic mass is 10.1. The fourth-order valence-electron chi connectivity index (χ4n) is 1.93. The molecular weight excluding hydrogens is 281 g/mol. The van der Waals surface area contributed by atoms with Crippen LogP contribution in [-0.2, 0) is 4.74 Å². The lowest BCUT2D eigenvalue weighted by Gasteiger charge is -2.18. The Kier molecular flexibility index (Phi) is 3.67. The van der Waals surface area contributed by atoms with Crippen molar-refractivity contribution < 1.29 is 13.7 Å². The second kappa shape index (κ2) is 5.61. The number of halogens is 1. The molecule has 102 valence electrons. The fraction of sp³-hybridized carbons (Fsp3) is 0.308. The predicted molar refractivity (Wildman–Crippen MR) is 70.4 cm³/mol. The van der Waals surface area contributed by atoms with Crippen LogP contribution in [0.4, 0.5) is 4.39 Å². The minimum Gasteiger partial charge on any atom is -0.368 e. The molecule has 20 heavy (non-hydrogen) atoms. The number of nitrogens with zero attached hydrogens (tertiary/aromatic N) is 3. The first-order chi connectivity index (χ1) is 9.79. The summed E-state index contributed by atoms with van der Waals surface area (Å²) in [5.41, 5.74) is 0.205. The topological polar surface area (TPSA) is 71.9 Å². The van der Waals surface area contributed by atoms with Crippen LogP contribution in [0, 0.1) is 17.1 Å². The molecule has 1 aromatic carbocycles. The highest BCUT2D eigenvalue weighted by molar-refractivity contribution is 7.99. The molecule has 0 aliphatic carbocycles. The average molecular weight is 291 g/mol. The van der Waals surface area contributed by atoms with Gasteiger partial charge in [-0.3, -0.25) is 0 Å². The Morgan fingerprint density at radius 1 is 1.45 bits per heavy atom. The van der Waals surface area contributed by atoms with Gasteiger partial charge in [0.15, 0.2) is 0 Å². The van der Waals surface area contributed by atoms with E-state index in [2.05, 4.69) is 10.1 Å². The van der Waals surface area contributed by atoms with Gasteiger partial charge in [-0.2, -0.15) is 22.0 Å². The molecule has 0 saturated carbocycles. The van der Waals surface area contributed by atoms with Gasteiger partial charge < -0.3 is 9.26 Å². The molecule has 0 N–H and O–H groups in total. The number of rotatable bonds is 2. The van der Waals surface area contributed by atoms with E-state index < -0.39 is 5.82 Å². The van der Waals surface area contributed by atoms with Gasteiger partial charge in [0.25, 0.3) is 5.89 Å². The highest BCUT2D eigenvalue weighted by Gasteiger charge is 2.23. The zero-order valence-electron chi connectivity index (χ0n) is 10.4. The molecule has 0 spiro atoms. The van der Waals surface area contributed by atoms with Crippen molar-refractivity contribution in [3.8, 4) is 17.5 Å². The van der Waals surface area contributed by atoms with Gasteiger partial charge in [-0.25, -0.2) is 4.39 Å². The molecule has 1 unspecified atom stereocenters. The van der Waals surface area contributed by atoms with Gasteiger partial charge in [0, 0.05) is 11.5 Å². The third kappa shape index (κ3) is 2.40. The Morgan fingerprint density at radius 3 is 3.10 bits per heavy atom. The van der Waals surface area contributed by atoms with Crippen molar-refractivity contribution in [2.45, 2.75) is 6.10 Å². The van der Waals surface area contributed by atoms with Crippen LogP contribution in [0.1, 0.15) is 17.5 Å². The highest BCUT2D eigenvalue weighted by Crippen LogP contribution is 2.28. The van der Waals surface area contributed by atoms with Crippen molar-refractivity contribution in [1.82, 2.24) is 10.1 Å². The Hall–Kier alpha value is -1.91. The molecule has 0 bridgehead atoms. The van der Waals surface area contributed by atoms with Crippen molar-refractivity contribution in [1.29, 1.82) is 5.26 Å². The van der Waals surface area contributed by atoms with Crippen LogP contribution >= 0.6 is 11.8 Å². The molecule has 1 fully saturated rings. The maximum atomic E-state index is 13.6. The van der Waals surface area contributed by atoms with Gasteiger partial charge >= 0.3 is 0 Å². The van der Waals surface area contributed by atoms with Crippen LogP contribution in [0.2, 0.25) is 0 Å². The first-order valence-corrected chi connectivity index (χ1v) is 7.17. The fourth-order valence-corrected chi connectivity index (χ4v) is 2.77. The lowest BCUT2D eigenvalue weighted by molar-refractivity contribution is 0.0677. The van der Waals surface area contributed by atoms with Crippen LogP contribution in [-0.4, -0.2) is 28.3 Å². The Morgan fingerprint density at radius 2 is 2.35 bits per heavy atom. The SMILES string of the molecule is N#Cc1c(F)cccc1-c1nc(C2CSCCO2)no1. The summed E-state index contributed by atoms with van der Waals surface area (Å²) in [5, 5.41) is 12.9. The molecule has 0 radical (unpaired) electrons. The summed E-state index contributed by atoms with van der Waals surface area (Å²) in [6, 6.07) is 6.12. The zero-order chi connectivity index (χ0) is 13.9. The number of benzene rings is 1. The van der Waals surface area contributed by atoms with Gasteiger partial charge in [-0.15, -0.1) is 0 Å². The summed E-state index contributed by atoms with van der Waals surface area (Å²) in [5.74, 6) is 1.67. The van der Waals surface area contributed by atoms with Gasteiger partial charge in [-0.1, -0.05) is 11.2 Å². The molecule has 7 heteroatoms. The monoisotopic (exact) mass is 291 g/mol. The summed E-state index contributed by atoms with van der Waals surface area (Å²) in [4.78, 5) is 4.22. The van der Waals surface area contributed by atoms with Crippen molar-refractivity contribution in [3.05, 3.63) is 35.4 Å². The average Bonchev–Trinajstić information content (AvgIpc) is 2.97. The van der Waals surface area contributed by atoms with E-state index in [1.807, 2.05) is 6.07 Å². The highest BCUT2D eigenvalue weighted by atomic mass is 32.2. The minimum atomic E-state index is -0.603.